The summed E-state index contributed by atoms with van der Waals surface area (Å²) in [6.45, 7) is 0.201. The summed E-state index contributed by atoms with van der Waals surface area (Å²) >= 11 is 6.76. The SMILES string of the molecule is O=C(NCc1ccccc1)C1SC=C(c2ccc(Cl)cc2)N1OC(F)(F)F. The van der Waals surface area contributed by atoms with E-state index in [9.17, 15) is 18.0 Å². The van der Waals surface area contributed by atoms with Crippen LogP contribution in [0.5, 0.6) is 0 Å². The van der Waals surface area contributed by atoms with Crippen molar-refractivity contribution in [3.05, 3.63) is 76.2 Å². The van der Waals surface area contributed by atoms with Gasteiger partial charge in [0.2, 0.25) is 0 Å². The number of hydroxylamine groups is 2. The average Bonchev–Trinajstić information content (AvgIpc) is 3.03. The van der Waals surface area contributed by atoms with Crippen LogP contribution in [0.1, 0.15) is 11.1 Å². The van der Waals surface area contributed by atoms with E-state index in [0.717, 1.165) is 17.3 Å². The van der Waals surface area contributed by atoms with Gasteiger partial charge in [-0.15, -0.1) is 13.2 Å². The Morgan fingerprint density at radius 2 is 1.81 bits per heavy atom. The Morgan fingerprint density at radius 3 is 2.44 bits per heavy atom. The number of nitrogens with one attached hydrogen (secondary N) is 1. The molecule has 0 saturated heterocycles. The highest BCUT2D eigenvalue weighted by atomic mass is 35.5. The zero-order valence-corrected chi connectivity index (χ0v) is 15.3. The molecule has 9 heteroatoms. The summed E-state index contributed by atoms with van der Waals surface area (Å²) in [5.41, 5.74) is 1.42. The summed E-state index contributed by atoms with van der Waals surface area (Å²) in [6.07, 6.45) is -4.94. The van der Waals surface area contributed by atoms with Gasteiger partial charge in [0.15, 0.2) is 5.37 Å². The van der Waals surface area contributed by atoms with E-state index in [2.05, 4.69) is 10.2 Å². The lowest BCUT2D eigenvalue weighted by atomic mass is 10.2. The second kappa shape index (κ2) is 8.24. The number of nitrogens with zero attached hydrogens (tertiary/aromatic N) is 1. The number of amides is 1. The lowest BCUT2D eigenvalue weighted by molar-refractivity contribution is -0.398. The third-order valence-electron chi connectivity index (χ3n) is 3.63. The van der Waals surface area contributed by atoms with Gasteiger partial charge in [-0.25, -0.2) is 5.06 Å². The zero-order chi connectivity index (χ0) is 19.4. The summed E-state index contributed by atoms with van der Waals surface area (Å²) in [4.78, 5) is 16.6. The fraction of sp³-hybridized carbons (Fsp3) is 0.167. The van der Waals surface area contributed by atoms with Crippen LogP contribution in [-0.2, 0) is 16.2 Å². The van der Waals surface area contributed by atoms with Gasteiger partial charge in [0, 0.05) is 22.5 Å². The van der Waals surface area contributed by atoms with E-state index < -0.39 is 17.6 Å². The zero-order valence-electron chi connectivity index (χ0n) is 13.7. The van der Waals surface area contributed by atoms with Gasteiger partial charge in [0.25, 0.3) is 5.91 Å². The minimum absolute atomic E-state index is 0.133. The molecular weight excluding hydrogens is 401 g/mol. The van der Waals surface area contributed by atoms with Crippen molar-refractivity contribution in [3.63, 3.8) is 0 Å². The number of carbonyl (C=O) groups is 1. The second-order valence-corrected chi connectivity index (χ2v) is 6.96. The summed E-state index contributed by atoms with van der Waals surface area (Å²) in [5.74, 6) is -0.590. The number of carbonyl (C=O) groups excluding carboxylic acids is 1. The molecule has 1 heterocycles. The number of hydrogen-bond acceptors (Lipinski definition) is 4. The Kier molecular flexibility index (Phi) is 5.98. The quantitative estimate of drug-likeness (QED) is 0.764. The van der Waals surface area contributed by atoms with Crippen LogP contribution in [0, 0.1) is 0 Å². The van der Waals surface area contributed by atoms with Crippen LogP contribution in [0.15, 0.2) is 60.0 Å². The van der Waals surface area contributed by atoms with Gasteiger partial charge in [0.05, 0.1) is 5.70 Å². The topological polar surface area (TPSA) is 41.6 Å². The van der Waals surface area contributed by atoms with Crippen molar-refractivity contribution in [1.82, 2.24) is 10.4 Å². The van der Waals surface area contributed by atoms with Crippen molar-refractivity contribution < 1.29 is 22.8 Å². The number of benzene rings is 2. The first-order chi connectivity index (χ1) is 12.8. The van der Waals surface area contributed by atoms with Crippen molar-refractivity contribution in [2.75, 3.05) is 0 Å². The first-order valence-corrected chi connectivity index (χ1v) is 9.14. The van der Waals surface area contributed by atoms with Gasteiger partial charge < -0.3 is 5.32 Å². The van der Waals surface area contributed by atoms with Crippen molar-refractivity contribution in [2.45, 2.75) is 18.3 Å². The Bertz CT molecular complexity index is 829. The van der Waals surface area contributed by atoms with Gasteiger partial charge >= 0.3 is 6.36 Å². The minimum atomic E-state index is -4.94. The molecule has 1 amide bonds. The molecule has 0 bridgehead atoms. The van der Waals surface area contributed by atoms with Gasteiger partial charge in [-0.05, 0) is 17.7 Å². The van der Waals surface area contributed by atoms with Gasteiger partial charge in [-0.2, -0.15) is 4.84 Å². The van der Waals surface area contributed by atoms with Gasteiger partial charge in [0.1, 0.15) is 0 Å². The van der Waals surface area contributed by atoms with Crippen LogP contribution < -0.4 is 5.32 Å². The fourth-order valence-corrected chi connectivity index (χ4v) is 3.53. The molecule has 0 aromatic heterocycles. The maximum atomic E-state index is 12.9. The number of alkyl halides is 3. The number of thioether (sulfide) groups is 1. The van der Waals surface area contributed by atoms with E-state index in [1.54, 1.807) is 24.3 Å². The Hall–Kier alpha value is -2.16. The van der Waals surface area contributed by atoms with Crippen LogP contribution in [0.4, 0.5) is 13.2 Å². The first kappa shape index (κ1) is 19.6. The van der Waals surface area contributed by atoms with Crippen molar-refractivity contribution in [3.8, 4) is 0 Å². The highest BCUT2D eigenvalue weighted by molar-refractivity contribution is 8.03. The highest BCUT2D eigenvalue weighted by Gasteiger charge is 2.42. The van der Waals surface area contributed by atoms with Crippen LogP contribution >= 0.6 is 23.4 Å². The Balaban J connectivity index is 1.76. The standard InChI is InChI=1S/C18H14ClF3N2O2S/c19-14-8-6-13(7-9-14)15-11-27-17(24(15)26-18(20,21)22)16(25)23-10-12-4-2-1-3-5-12/h1-9,11,17H,10H2,(H,23,25). The predicted molar refractivity (Wildman–Crippen MR) is 98.1 cm³/mol. The van der Waals surface area contributed by atoms with E-state index >= 15 is 0 Å². The molecule has 2 aromatic rings. The molecule has 0 spiro atoms. The lowest BCUT2D eigenvalue weighted by Crippen LogP contribution is -2.43. The van der Waals surface area contributed by atoms with Crippen molar-refractivity contribution in [1.29, 1.82) is 0 Å². The monoisotopic (exact) mass is 414 g/mol. The lowest BCUT2D eigenvalue weighted by Gasteiger charge is -2.27. The molecule has 4 nitrogen and oxygen atoms in total. The van der Waals surface area contributed by atoms with E-state index in [-0.39, 0.29) is 12.2 Å². The molecule has 1 unspecified atom stereocenters. The van der Waals surface area contributed by atoms with Gasteiger partial charge in [-0.3, -0.25) is 4.79 Å². The summed E-state index contributed by atoms with van der Waals surface area (Å²) in [7, 11) is 0. The summed E-state index contributed by atoms with van der Waals surface area (Å²) < 4.78 is 38.7. The predicted octanol–water partition coefficient (Wildman–Crippen LogP) is 4.78. The molecule has 3 rings (SSSR count). The maximum Gasteiger partial charge on any atom is 0.544 e. The van der Waals surface area contributed by atoms with E-state index in [1.807, 2.05) is 30.3 Å². The molecule has 0 radical (unpaired) electrons. The smallest absolute Gasteiger partial charge is 0.349 e. The summed E-state index contributed by atoms with van der Waals surface area (Å²) in [5, 5.41) is 3.91. The molecule has 1 atom stereocenters. The molecule has 0 fully saturated rings. The molecule has 0 aliphatic carbocycles. The second-order valence-electron chi connectivity index (χ2n) is 5.56. The van der Waals surface area contributed by atoms with Crippen LogP contribution in [-0.4, -0.2) is 22.7 Å². The maximum absolute atomic E-state index is 12.9. The van der Waals surface area contributed by atoms with Crippen LogP contribution in [0.3, 0.4) is 0 Å². The third-order valence-corrected chi connectivity index (χ3v) is 4.91. The number of halogens is 4. The third kappa shape index (κ3) is 5.18. The van der Waals surface area contributed by atoms with E-state index in [4.69, 9.17) is 11.6 Å². The highest BCUT2D eigenvalue weighted by Crippen LogP contribution is 2.40. The van der Waals surface area contributed by atoms with E-state index in [0.29, 0.717) is 15.6 Å². The molecule has 1 aliphatic heterocycles. The van der Waals surface area contributed by atoms with Crippen LogP contribution in [0.2, 0.25) is 5.02 Å². The normalized spacial score (nSPS) is 17.0. The molecule has 1 N–H and O–H groups in total. The van der Waals surface area contributed by atoms with E-state index in [1.165, 1.54) is 5.41 Å². The number of hydrogen-bond donors (Lipinski definition) is 1. The summed E-state index contributed by atoms with van der Waals surface area (Å²) in [6, 6.07) is 15.3. The van der Waals surface area contributed by atoms with Gasteiger partial charge in [-0.1, -0.05) is 65.8 Å². The van der Waals surface area contributed by atoms with Crippen molar-refractivity contribution in [2.24, 2.45) is 0 Å². The largest absolute Gasteiger partial charge is 0.544 e. The molecule has 0 saturated carbocycles. The minimum Gasteiger partial charge on any atom is -0.349 e. The Morgan fingerprint density at radius 1 is 1.15 bits per heavy atom. The first-order valence-electron chi connectivity index (χ1n) is 7.82. The fourth-order valence-electron chi connectivity index (χ4n) is 2.43. The number of rotatable bonds is 5. The van der Waals surface area contributed by atoms with Crippen LogP contribution in [0.25, 0.3) is 5.70 Å². The molecule has 2 aromatic carbocycles. The van der Waals surface area contributed by atoms with Crippen molar-refractivity contribution >= 4 is 35.0 Å². The molecular formula is C18H14ClF3N2O2S. The molecule has 1 aliphatic rings. The Labute approximate surface area is 162 Å². The average molecular weight is 415 g/mol. The molecule has 142 valence electrons. The molecule has 27 heavy (non-hydrogen) atoms.